The van der Waals surface area contributed by atoms with Gasteiger partial charge in [0, 0.05) is 32.5 Å². The predicted molar refractivity (Wildman–Crippen MR) is 60.2 cm³/mol. The van der Waals surface area contributed by atoms with E-state index in [4.69, 9.17) is 5.11 Å². The van der Waals surface area contributed by atoms with Crippen LogP contribution in [-0.4, -0.2) is 47.4 Å². The summed E-state index contributed by atoms with van der Waals surface area (Å²) in [5, 5.41) is 11.5. The maximum absolute atomic E-state index is 11.4. The fourth-order valence-electron chi connectivity index (χ4n) is 1.74. The average molecular weight is 242 g/mol. The number of amides is 2. The molecule has 0 aromatic rings. The summed E-state index contributed by atoms with van der Waals surface area (Å²) in [6.45, 7) is 3.11. The van der Waals surface area contributed by atoms with Crippen molar-refractivity contribution in [2.75, 3.05) is 19.6 Å². The quantitative estimate of drug-likeness (QED) is 0.677. The molecule has 0 bridgehead atoms. The first-order chi connectivity index (χ1) is 8.04. The van der Waals surface area contributed by atoms with Crippen LogP contribution >= 0.6 is 0 Å². The highest BCUT2D eigenvalue weighted by Gasteiger charge is 2.33. The van der Waals surface area contributed by atoms with Gasteiger partial charge < -0.3 is 15.3 Å². The second kappa shape index (κ2) is 6.22. The first-order valence-corrected chi connectivity index (χ1v) is 5.81. The van der Waals surface area contributed by atoms with Crippen molar-refractivity contribution in [1.29, 1.82) is 0 Å². The van der Waals surface area contributed by atoms with Gasteiger partial charge in [0.05, 0.1) is 5.92 Å². The van der Waals surface area contributed by atoms with Crippen LogP contribution in [0.4, 0.5) is 0 Å². The Kier molecular flexibility index (Phi) is 4.93. The Hall–Kier alpha value is -1.59. The van der Waals surface area contributed by atoms with Crippen LogP contribution in [0.15, 0.2) is 0 Å². The molecule has 1 unspecified atom stereocenters. The maximum atomic E-state index is 11.4. The third-order valence-corrected chi connectivity index (χ3v) is 2.74. The van der Waals surface area contributed by atoms with E-state index in [0.29, 0.717) is 13.1 Å². The zero-order valence-corrected chi connectivity index (χ0v) is 9.94. The monoisotopic (exact) mass is 242 g/mol. The average Bonchev–Trinajstić information content (AvgIpc) is 2.65. The lowest BCUT2D eigenvalue weighted by molar-refractivity contribution is -0.141. The van der Waals surface area contributed by atoms with Gasteiger partial charge in [-0.3, -0.25) is 14.4 Å². The molecule has 17 heavy (non-hydrogen) atoms. The van der Waals surface area contributed by atoms with Gasteiger partial charge in [0.25, 0.3) is 0 Å². The molecule has 0 radical (unpaired) electrons. The molecule has 96 valence electrons. The van der Waals surface area contributed by atoms with Crippen LogP contribution in [0.25, 0.3) is 0 Å². The van der Waals surface area contributed by atoms with Crippen molar-refractivity contribution < 1.29 is 19.5 Å². The minimum atomic E-state index is -0.948. The number of carboxylic acid groups (broad SMARTS) is 1. The number of rotatable bonds is 6. The summed E-state index contributed by atoms with van der Waals surface area (Å²) in [4.78, 5) is 34.9. The Labute approximate surface area is 100.0 Å². The van der Waals surface area contributed by atoms with Gasteiger partial charge in [-0.15, -0.1) is 0 Å². The minimum absolute atomic E-state index is 0.0475. The Bertz CT molecular complexity index is 317. The molecule has 1 saturated heterocycles. The van der Waals surface area contributed by atoms with Crippen molar-refractivity contribution in [2.45, 2.75) is 26.2 Å². The van der Waals surface area contributed by atoms with E-state index in [2.05, 4.69) is 5.32 Å². The van der Waals surface area contributed by atoms with Crippen LogP contribution in [0.3, 0.4) is 0 Å². The predicted octanol–water partition coefficient (Wildman–Crippen LogP) is -0.164. The number of nitrogens with one attached hydrogen (secondary N) is 1. The van der Waals surface area contributed by atoms with Crippen LogP contribution in [0.5, 0.6) is 0 Å². The number of aliphatic carboxylic acids is 1. The summed E-state index contributed by atoms with van der Waals surface area (Å²) in [6, 6.07) is 0. The maximum Gasteiger partial charge on any atom is 0.308 e. The molecule has 0 aromatic heterocycles. The van der Waals surface area contributed by atoms with E-state index in [1.807, 2.05) is 6.92 Å². The molecule has 1 aliphatic heterocycles. The Morgan fingerprint density at radius 2 is 2.24 bits per heavy atom. The molecule has 1 heterocycles. The molecule has 0 aliphatic carbocycles. The number of carbonyl (C=O) groups excluding carboxylic acids is 2. The van der Waals surface area contributed by atoms with E-state index in [1.54, 1.807) is 0 Å². The summed E-state index contributed by atoms with van der Waals surface area (Å²) in [6.07, 6.45) is 1.15. The highest BCUT2D eigenvalue weighted by molar-refractivity contribution is 5.86. The number of likely N-dealkylation sites (tertiary alicyclic amines) is 1. The minimum Gasteiger partial charge on any atom is -0.481 e. The number of nitrogens with zero attached hydrogens (tertiary/aromatic N) is 1. The SMILES string of the molecule is CCCNC(=O)CCN1CC(C(=O)O)CC1=O. The van der Waals surface area contributed by atoms with Crippen LogP contribution in [-0.2, 0) is 14.4 Å². The summed E-state index contributed by atoms with van der Waals surface area (Å²) >= 11 is 0. The zero-order chi connectivity index (χ0) is 12.8. The molecular formula is C11H18N2O4. The van der Waals surface area contributed by atoms with Crippen LogP contribution in [0.1, 0.15) is 26.2 Å². The van der Waals surface area contributed by atoms with Gasteiger partial charge in [-0.05, 0) is 6.42 Å². The Balaban J connectivity index is 2.30. The second-order valence-electron chi connectivity index (χ2n) is 4.18. The second-order valence-corrected chi connectivity index (χ2v) is 4.18. The molecule has 6 nitrogen and oxygen atoms in total. The van der Waals surface area contributed by atoms with Gasteiger partial charge in [0.2, 0.25) is 11.8 Å². The highest BCUT2D eigenvalue weighted by Crippen LogP contribution is 2.17. The first-order valence-electron chi connectivity index (χ1n) is 5.81. The lowest BCUT2D eigenvalue weighted by Gasteiger charge is -2.15. The van der Waals surface area contributed by atoms with E-state index in [-0.39, 0.29) is 31.2 Å². The standard InChI is InChI=1S/C11H18N2O4/c1-2-4-12-9(14)3-5-13-7-8(11(16)17)6-10(13)15/h8H,2-7H2,1H3,(H,12,14)(H,16,17). The summed E-state index contributed by atoms with van der Waals surface area (Å²) < 4.78 is 0. The van der Waals surface area contributed by atoms with Gasteiger partial charge in [-0.2, -0.15) is 0 Å². The van der Waals surface area contributed by atoms with Crippen molar-refractivity contribution in [1.82, 2.24) is 10.2 Å². The van der Waals surface area contributed by atoms with Gasteiger partial charge in [0.1, 0.15) is 0 Å². The molecule has 2 amide bonds. The molecule has 1 atom stereocenters. The number of carboxylic acids is 1. The van der Waals surface area contributed by atoms with E-state index in [9.17, 15) is 14.4 Å². The number of hydrogen-bond donors (Lipinski definition) is 2. The summed E-state index contributed by atoms with van der Waals surface area (Å²) in [5.74, 6) is -1.85. The Morgan fingerprint density at radius 1 is 1.53 bits per heavy atom. The molecule has 0 aromatic carbocycles. The molecule has 0 spiro atoms. The largest absolute Gasteiger partial charge is 0.481 e. The van der Waals surface area contributed by atoms with Crippen molar-refractivity contribution >= 4 is 17.8 Å². The van der Waals surface area contributed by atoms with Gasteiger partial charge in [-0.1, -0.05) is 6.92 Å². The van der Waals surface area contributed by atoms with E-state index in [1.165, 1.54) is 4.90 Å². The summed E-state index contributed by atoms with van der Waals surface area (Å²) in [7, 11) is 0. The van der Waals surface area contributed by atoms with Crippen molar-refractivity contribution in [2.24, 2.45) is 5.92 Å². The fourth-order valence-corrected chi connectivity index (χ4v) is 1.74. The molecule has 6 heteroatoms. The van der Waals surface area contributed by atoms with Crippen molar-refractivity contribution in [3.8, 4) is 0 Å². The fraction of sp³-hybridized carbons (Fsp3) is 0.727. The number of hydrogen-bond acceptors (Lipinski definition) is 3. The van der Waals surface area contributed by atoms with E-state index >= 15 is 0 Å². The zero-order valence-electron chi connectivity index (χ0n) is 9.94. The number of carbonyl (C=O) groups is 3. The van der Waals surface area contributed by atoms with Crippen molar-refractivity contribution in [3.05, 3.63) is 0 Å². The lowest BCUT2D eigenvalue weighted by atomic mass is 10.1. The third kappa shape index (κ3) is 4.05. The topological polar surface area (TPSA) is 86.7 Å². The normalized spacial score (nSPS) is 19.5. The third-order valence-electron chi connectivity index (χ3n) is 2.74. The van der Waals surface area contributed by atoms with Gasteiger partial charge in [-0.25, -0.2) is 0 Å². The molecule has 2 N–H and O–H groups in total. The molecular weight excluding hydrogens is 224 g/mol. The van der Waals surface area contributed by atoms with Gasteiger partial charge >= 0.3 is 5.97 Å². The van der Waals surface area contributed by atoms with Crippen LogP contribution < -0.4 is 5.32 Å². The van der Waals surface area contributed by atoms with Crippen molar-refractivity contribution in [3.63, 3.8) is 0 Å². The lowest BCUT2D eigenvalue weighted by Crippen LogP contribution is -2.32. The van der Waals surface area contributed by atoms with E-state index < -0.39 is 11.9 Å². The molecule has 1 aliphatic rings. The first kappa shape index (κ1) is 13.5. The smallest absolute Gasteiger partial charge is 0.308 e. The van der Waals surface area contributed by atoms with E-state index in [0.717, 1.165) is 6.42 Å². The summed E-state index contributed by atoms with van der Waals surface area (Å²) in [5.41, 5.74) is 0. The van der Waals surface area contributed by atoms with Crippen LogP contribution in [0, 0.1) is 5.92 Å². The highest BCUT2D eigenvalue weighted by atomic mass is 16.4. The Morgan fingerprint density at radius 3 is 2.76 bits per heavy atom. The van der Waals surface area contributed by atoms with Crippen LogP contribution in [0.2, 0.25) is 0 Å². The molecule has 1 fully saturated rings. The van der Waals surface area contributed by atoms with Gasteiger partial charge in [0.15, 0.2) is 0 Å². The molecule has 0 saturated carbocycles. The molecule has 1 rings (SSSR count).